The normalized spacial score (nSPS) is 26.5. The zero-order valence-electron chi connectivity index (χ0n) is 8.95. The Balaban J connectivity index is 2.64. The van der Waals surface area contributed by atoms with Gasteiger partial charge in [0.1, 0.15) is 0 Å². The van der Waals surface area contributed by atoms with E-state index in [0.717, 1.165) is 25.8 Å². The first-order chi connectivity index (χ1) is 6.83. The molecule has 1 rings (SSSR count). The van der Waals surface area contributed by atoms with Gasteiger partial charge in [-0.2, -0.15) is 5.26 Å². The van der Waals surface area contributed by atoms with Gasteiger partial charge in [-0.15, -0.1) is 0 Å². The Bertz CT molecular complexity index is 200. The Labute approximate surface area is 86.3 Å². The topological polar surface area (TPSA) is 47.3 Å². The Hall–Kier alpha value is -0.590. The fraction of sp³-hybridized carbons (Fsp3) is 0.909. The molecule has 1 aliphatic rings. The van der Waals surface area contributed by atoms with Crippen LogP contribution in [0.4, 0.5) is 0 Å². The van der Waals surface area contributed by atoms with Gasteiger partial charge >= 0.3 is 0 Å². The Morgan fingerprint density at radius 2 is 2.29 bits per heavy atom. The summed E-state index contributed by atoms with van der Waals surface area (Å²) in [4.78, 5) is 2.19. The first-order valence-corrected chi connectivity index (χ1v) is 5.59. The largest absolute Gasteiger partial charge is 0.395 e. The molecule has 1 fully saturated rings. The molecule has 0 spiro atoms. The lowest BCUT2D eigenvalue weighted by molar-refractivity contribution is 0.102. The average Bonchev–Trinajstić information content (AvgIpc) is 2.45. The van der Waals surface area contributed by atoms with Crippen molar-refractivity contribution < 1.29 is 5.11 Å². The maximum absolute atomic E-state index is 9.28. The lowest BCUT2D eigenvalue weighted by Gasteiger charge is -2.31. The van der Waals surface area contributed by atoms with E-state index in [4.69, 9.17) is 5.26 Å². The minimum Gasteiger partial charge on any atom is -0.395 e. The number of aliphatic hydroxyl groups excluding tert-OH is 1. The number of hydrogen-bond donors (Lipinski definition) is 1. The van der Waals surface area contributed by atoms with Gasteiger partial charge in [0.25, 0.3) is 0 Å². The molecule has 3 nitrogen and oxygen atoms in total. The predicted molar refractivity (Wildman–Crippen MR) is 55.7 cm³/mol. The molecule has 1 N–H and O–H groups in total. The summed E-state index contributed by atoms with van der Waals surface area (Å²) in [5.41, 5.74) is 0. The van der Waals surface area contributed by atoms with Crippen LogP contribution in [0.25, 0.3) is 0 Å². The third-order valence-electron chi connectivity index (χ3n) is 3.07. The Morgan fingerprint density at radius 1 is 1.50 bits per heavy atom. The van der Waals surface area contributed by atoms with Crippen LogP contribution in [-0.4, -0.2) is 35.2 Å². The summed E-state index contributed by atoms with van der Waals surface area (Å²) in [7, 11) is 0. The molecule has 0 saturated carbocycles. The van der Waals surface area contributed by atoms with Crippen LogP contribution in [0.5, 0.6) is 0 Å². The highest BCUT2D eigenvalue weighted by Gasteiger charge is 2.25. The van der Waals surface area contributed by atoms with Crippen molar-refractivity contribution in [2.45, 2.75) is 51.1 Å². The summed E-state index contributed by atoms with van der Waals surface area (Å²) in [6, 6.07) is 2.53. The number of hydrogen-bond acceptors (Lipinski definition) is 3. The third kappa shape index (κ3) is 2.70. The minimum absolute atomic E-state index is 0.00903. The summed E-state index contributed by atoms with van der Waals surface area (Å²) in [6.07, 6.45) is 5.47. The van der Waals surface area contributed by atoms with Crippen LogP contribution in [0.2, 0.25) is 0 Å². The monoisotopic (exact) mass is 196 g/mol. The van der Waals surface area contributed by atoms with E-state index in [1.54, 1.807) is 0 Å². The molecule has 14 heavy (non-hydrogen) atoms. The standard InChI is InChI=1S/C11H20N2O/c1-2-10(8-12)13-7-5-3-4-6-11(13)9-14/h10-11,14H,2-7,9H2,1H3. The first kappa shape index (κ1) is 11.5. The fourth-order valence-electron chi connectivity index (χ4n) is 2.21. The fourth-order valence-corrected chi connectivity index (χ4v) is 2.21. The van der Waals surface area contributed by atoms with Crippen molar-refractivity contribution in [1.82, 2.24) is 4.90 Å². The highest BCUT2D eigenvalue weighted by Crippen LogP contribution is 2.19. The van der Waals surface area contributed by atoms with Crippen molar-refractivity contribution in [3.8, 4) is 6.07 Å². The zero-order valence-corrected chi connectivity index (χ0v) is 8.95. The van der Waals surface area contributed by atoms with E-state index in [-0.39, 0.29) is 18.7 Å². The van der Waals surface area contributed by atoms with Gasteiger partial charge in [0, 0.05) is 6.04 Å². The lowest BCUT2D eigenvalue weighted by Crippen LogP contribution is -2.43. The summed E-state index contributed by atoms with van der Waals surface area (Å²) < 4.78 is 0. The number of rotatable bonds is 3. The molecular weight excluding hydrogens is 176 g/mol. The second-order valence-electron chi connectivity index (χ2n) is 3.98. The van der Waals surface area contributed by atoms with Gasteiger partial charge in [0.15, 0.2) is 0 Å². The molecule has 1 saturated heterocycles. The second-order valence-corrected chi connectivity index (χ2v) is 3.98. The molecule has 2 atom stereocenters. The van der Waals surface area contributed by atoms with Crippen LogP contribution in [0.1, 0.15) is 39.0 Å². The minimum atomic E-state index is -0.00903. The second kappa shape index (κ2) is 6.00. The molecular formula is C11H20N2O. The smallest absolute Gasteiger partial charge is 0.0978 e. The molecule has 0 amide bonds. The van der Waals surface area contributed by atoms with Gasteiger partial charge in [-0.3, -0.25) is 4.90 Å². The van der Waals surface area contributed by atoms with Gasteiger partial charge in [-0.1, -0.05) is 19.8 Å². The maximum Gasteiger partial charge on any atom is 0.0978 e. The zero-order chi connectivity index (χ0) is 10.4. The van der Waals surface area contributed by atoms with Crippen LogP contribution in [0.15, 0.2) is 0 Å². The summed E-state index contributed by atoms with van der Waals surface area (Å²) >= 11 is 0. The van der Waals surface area contributed by atoms with Gasteiger partial charge in [-0.25, -0.2) is 0 Å². The molecule has 80 valence electrons. The van der Waals surface area contributed by atoms with E-state index in [2.05, 4.69) is 11.0 Å². The number of aliphatic hydroxyl groups is 1. The SMILES string of the molecule is CCC(C#N)N1CCCCCC1CO. The maximum atomic E-state index is 9.28. The van der Waals surface area contributed by atoms with E-state index in [1.165, 1.54) is 12.8 Å². The van der Waals surface area contributed by atoms with Gasteiger partial charge < -0.3 is 5.11 Å². The van der Waals surface area contributed by atoms with Crippen molar-refractivity contribution >= 4 is 0 Å². The molecule has 0 radical (unpaired) electrons. The molecule has 2 unspecified atom stereocenters. The molecule has 0 bridgehead atoms. The molecule has 1 heterocycles. The van der Waals surface area contributed by atoms with E-state index < -0.39 is 0 Å². The van der Waals surface area contributed by atoms with Crippen LogP contribution in [0.3, 0.4) is 0 Å². The lowest BCUT2D eigenvalue weighted by atomic mass is 10.1. The molecule has 0 aliphatic carbocycles. The van der Waals surface area contributed by atoms with Crippen molar-refractivity contribution in [3.05, 3.63) is 0 Å². The van der Waals surface area contributed by atoms with Crippen molar-refractivity contribution in [1.29, 1.82) is 5.26 Å². The van der Waals surface area contributed by atoms with Crippen molar-refractivity contribution in [2.75, 3.05) is 13.2 Å². The van der Waals surface area contributed by atoms with Gasteiger partial charge in [0.2, 0.25) is 0 Å². The summed E-state index contributed by atoms with van der Waals surface area (Å²) in [6.45, 7) is 3.20. The van der Waals surface area contributed by atoms with Crippen molar-refractivity contribution in [2.24, 2.45) is 0 Å². The molecule has 0 aromatic carbocycles. The van der Waals surface area contributed by atoms with Gasteiger partial charge in [-0.05, 0) is 25.8 Å². The number of likely N-dealkylation sites (tertiary alicyclic amines) is 1. The van der Waals surface area contributed by atoms with Crippen LogP contribution >= 0.6 is 0 Å². The van der Waals surface area contributed by atoms with E-state index in [9.17, 15) is 5.11 Å². The quantitative estimate of drug-likeness (QED) is 0.744. The summed E-state index contributed by atoms with van der Waals surface area (Å²) in [5.74, 6) is 0. The molecule has 3 heteroatoms. The predicted octanol–water partition coefficient (Wildman–Crippen LogP) is 1.53. The van der Waals surface area contributed by atoms with Crippen LogP contribution < -0.4 is 0 Å². The molecule has 1 aliphatic heterocycles. The Morgan fingerprint density at radius 3 is 2.86 bits per heavy atom. The van der Waals surface area contributed by atoms with Gasteiger partial charge in [0.05, 0.1) is 18.7 Å². The summed E-state index contributed by atoms with van der Waals surface area (Å²) in [5, 5.41) is 18.3. The average molecular weight is 196 g/mol. The van der Waals surface area contributed by atoms with Crippen LogP contribution in [0, 0.1) is 11.3 Å². The Kier molecular flexibility index (Phi) is 4.92. The number of nitrogens with zero attached hydrogens (tertiary/aromatic N) is 2. The third-order valence-corrected chi connectivity index (χ3v) is 3.07. The van der Waals surface area contributed by atoms with Crippen LogP contribution in [-0.2, 0) is 0 Å². The van der Waals surface area contributed by atoms with E-state index >= 15 is 0 Å². The molecule has 0 aromatic heterocycles. The molecule has 0 aromatic rings. The first-order valence-electron chi connectivity index (χ1n) is 5.59. The van der Waals surface area contributed by atoms with E-state index in [0.29, 0.717) is 0 Å². The van der Waals surface area contributed by atoms with Crippen molar-refractivity contribution in [3.63, 3.8) is 0 Å². The number of nitriles is 1. The highest BCUT2D eigenvalue weighted by atomic mass is 16.3. The highest BCUT2D eigenvalue weighted by molar-refractivity contribution is 4.94. The van der Waals surface area contributed by atoms with E-state index in [1.807, 2.05) is 6.92 Å².